The van der Waals surface area contributed by atoms with E-state index in [1.165, 1.54) is 0 Å². The van der Waals surface area contributed by atoms with Gasteiger partial charge in [0.05, 0.1) is 0 Å². The lowest BCUT2D eigenvalue weighted by atomic mass is 10.00. The third kappa shape index (κ3) is 4.42. The zero-order valence-corrected chi connectivity index (χ0v) is 19.5. The number of aromatic nitrogens is 3. The molecule has 1 heterocycles. The molecule has 0 aliphatic heterocycles. The van der Waals surface area contributed by atoms with E-state index in [1.54, 1.807) is 0 Å². The second kappa shape index (κ2) is 9.13. The van der Waals surface area contributed by atoms with Gasteiger partial charge >= 0.3 is 0 Å². The molecule has 3 nitrogen and oxygen atoms in total. The van der Waals surface area contributed by atoms with E-state index in [0.717, 1.165) is 43.6 Å². The molecule has 1 aromatic heterocycles. The number of hydrogen-bond acceptors (Lipinski definition) is 3. The van der Waals surface area contributed by atoms with E-state index < -0.39 is 0 Å². The predicted molar refractivity (Wildman–Crippen MR) is 144 cm³/mol. The minimum absolute atomic E-state index is 0.650. The van der Waals surface area contributed by atoms with Crippen molar-refractivity contribution in [3.8, 4) is 45.3 Å². The van der Waals surface area contributed by atoms with Crippen molar-refractivity contribution in [3.05, 3.63) is 126 Å². The Bertz CT molecular complexity index is 1570. The smallest absolute Gasteiger partial charge is 0.164 e. The fraction of sp³-hybridized carbons (Fsp3) is 0. The summed E-state index contributed by atoms with van der Waals surface area (Å²) in [5, 5.41) is 3.04. The van der Waals surface area contributed by atoms with Crippen molar-refractivity contribution in [2.45, 2.75) is 0 Å². The van der Waals surface area contributed by atoms with Crippen LogP contribution in [0, 0.1) is 0 Å². The molecule has 0 N–H and O–H groups in total. The van der Waals surface area contributed by atoms with Gasteiger partial charge in [-0.2, -0.15) is 0 Å². The van der Waals surface area contributed by atoms with Gasteiger partial charge in [-0.3, -0.25) is 0 Å². The molecule has 0 saturated heterocycles. The fourth-order valence-electron chi connectivity index (χ4n) is 4.15. The quantitative estimate of drug-likeness (QED) is 0.260. The highest BCUT2D eigenvalue weighted by Gasteiger charge is 2.12. The first kappa shape index (κ1) is 21.2. The molecule has 0 radical (unpaired) electrons. The Kier molecular flexibility index (Phi) is 5.53. The first-order valence-corrected chi connectivity index (χ1v) is 11.8. The monoisotopic (exact) mass is 469 g/mol. The van der Waals surface area contributed by atoms with Crippen LogP contribution in [-0.4, -0.2) is 15.0 Å². The summed E-state index contributed by atoms with van der Waals surface area (Å²) in [7, 11) is 0. The molecule has 0 fully saturated rings. The highest BCUT2D eigenvalue weighted by atomic mass is 35.5. The third-order valence-corrected chi connectivity index (χ3v) is 6.21. The summed E-state index contributed by atoms with van der Waals surface area (Å²) in [6.45, 7) is 0. The topological polar surface area (TPSA) is 38.7 Å². The molecule has 0 saturated carbocycles. The second-order valence-corrected chi connectivity index (χ2v) is 8.76. The van der Waals surface area contributed by atoms with Crippen molar-refractivity contribution >= 4 is 22.4 Å². The SMILES string of the molecule is Clc1ccc2cc(-c3ccc(-c4nc(-c5ccccc5)nc(-c5ccccc5)n4)cc3)ccc2c1. The molecule has 4 heteroatoms. The number of benzene rings is 5. The van der Waals surface area contributed by atoms with Gasteiger partial charge in [-0.15, -0.1) is 0 Å². The Labute approximate surface area is 208 Å². The fourth-order valence-corrected chi connectivity index (χ4v) is 4.33. The number of fused-ring (bicyclic) bond motifs is 1. The van der Waals surface area contributed by atoms with Crippen LogP contribution in [0.5, 0.6) is 0 Å². The van der Waals surface area contributed by atoms with Gasteiger partial charge < -0.3 is 0 Å². The van der Waals surface area contributed by atoms with E-state index in [0.29, 0.717) is 17.5 Å². The van der Waals surface area contributed by atoms with Gasteiger partial charge in [0.2, 0.25) is 0 Å². The average Bonchev–Trinajstić information content (AvgIpc) is 2.93. The summed E-state index contributed by atoms with van der Waals surface area (Å²) in [6, 6.07) is 40.8. The van der Waals surface area contributed by atoms with Crippen LogP contribution in [0.2, 0.25) is 5.02 Å². The standard InChI is InChI=1S/C31H20ClN3/c32-28-18-17-26-19-25(15-16-27(26)20-28)21-11-13-24(14-12-21)31-34-29(22-7-3-1-4-8-22)33-30(35-31)23-9-5-2-6-10-23/h1-20H. The minimum atomic E-state index is 0.650. The Balaban J connectivity index is 1.41. The van der Waals surface area contributed by atoms with Crippen LogP contribution in [-0.2, 0) is 0 Å². The van der Waals surface area contributed by atoms with E-state index in [1.807, 2.05) is 72.8 Å². The van der Waals surface area contributed by atoms with Crippen LogP contribution in [0.4, 0.5) is 0 Å². The maximum atomic E-state index is 6.14. The summed E-state index contributed by atoms with van der Waals surface area (Å²) < 4.78 is 0. The third-order valence-electron chi connectivity index (χ3n) is 5.98. The van der Waals surface area contributed by atoms with E-state index >= 15 is 0 Å². The number of hydrogen-bond donors (Lipinski definition) is 0. The second-order valence-electron chi connectivity index (χ2n) is 8.32. The number of rotatable bonds is 4. The van der Waals surface area contributed by atoms with Crippen LogP contribution in [0.3, 0.4) is 0 Å². The number of halogens is 1. The van der Waals surface area contributed by atoms with Crippen LogP contribution >= 0.6 is 11.6 Å². The summed E-state index contributed by atoms with van der Waals surface area (Å²) in [4.78, 5) is 14.4. The first-order valence-electron chi connectivity index (χ1n) is 11.4. The molecule has 0 spiro atoms. The summed E-state index contributed by atoms with van der Waals surface area (Å²) in [6.07, 6.45) is 0. The molecule has 0 aliphatic rings. The molecular formula is C31H20ClN3. The molecule has 35 heavy (non-hydrogen) atoms. The molecule has 6 rings (SSSR count). The zero-order valence-electron chi connectivity index (χ0n) is 18.8. The Morgan fingerprint density at radius 3 is 1.37 bits per heavy atom. The maximum absolute atomic E-state index is 6.14. The molecule has 5 aromatic carbocycles. The highest BCUT2D eigenvalue weighted by Crippen LogP contribution is 2.29. The molecule has 0 aliphatic carbocycles. The van der Waals surface area contributed by atoms with Crippen LogP contribution in [0.25, 0.3) is 56.1 Å². The summed E-state index contributed by atoms with van der Waals surface area (Å²) in [5.41, 5.74) is 5.14. The lowest BCUT2D eigenvalue weighted by molar-refractivity contribution is 1.07. The molecule has 6 aromatic rings. The maximum Gasteiger partial charge on any atom is 0.164 e. The normalized spacial score (nSPS) is 11.0. The van der Waals surface area contributed by atoms with E-state index in [9.17, 15) is 0 Å². The highest BCUT2D eigenvalue weighted by molar-refractivity contribution is 6.31. The Morgan fingerprint density at radius 2 is 0.800 bits per heavy atom. The molecule has 0 bridgehead atoms. The van der Waals surface area contributed by atoms with Gasteiger partial charge in [0.15, 0.2) is 17.5 Å². The molecule has 166 valence electrons. The van der Waals surface area contributed by atoms with Crippen molar-refractivity contribution in [1.82, 2.24) is 15.0 Å². The lowest BCUT2D eigenvalue weighted by Crippen LogP contribution is -2.00. The molecular weight excluding hydrogens is 450 g/mol. The van der Waals surface area contributed by atoms with Gasteiger partial charge in [0.25, 0.3) is 0 Å². The van der Waals surface area contributed by atoms with E-state index in [2.05, 4.69) is 48.5 Å². The largest absolute Gasteiger partial charge is 0.208 e. The average molecular weight is 470 g/mol. The van der Waals surface area contributed by atoms with Gasteiger partial charge in [0.1, 0.15) is 0 Å². The predicted octanol–water partition coefficient (Wildman–Crippen LogP) is 8.35. The molecule has 0 unspecified atom stereocenters. The van der Waals surface area contributed by atoms with Crippen LogP contribution in [0.15, 0.2) is 121 Å². The molecule has 0 atom stereocenters. The van der Waals surface area contributed by atoms with Crippen molar-refractivity contribution in [2.24, 2.45) is 0 Å². The number of nitrogens with zero attached hydrogens (tertiary/aromatic N) is 3. The van der Waals surface area contributed by atoms with E-state index in [4.69, 9.17) is 26.6 Å². The van der Waals surface area contributed by atoms with Crippen molar-refractivity contribution in [2.75, 3.05) is 0 Å². The Hall–Kier alpha value is -4.34. The van der Waals surface area contributed by atoms with Crippen molar-refractivity contribution in [3.63, 3.8) is 0 Å². The van der Waals surface area contributed by atoms with Crippen LogP contribution in [0.1, 0.15) is 0 Å². The van der Waals surface area contributed by atoms with Gasteiger partial charge in [-0.1, -0.05) is 115 Å². The summed E-state index contributed by atoms with van der Waals surface area (Å²) in [5.74, 6) is 1.97. The van der Waals surface area contributed by atoms with Gasteiger partial charge in [-0.25, -0.2) is 15.0 Å². The molecule has 0 amide bonds. The lowest BCUT2D eigenvalue weighted by Gasteiger charge is -2.09. The minimum Gasteiger partial charge on any atom is -0.208 e. The summed E-state index contributed by atoms with van der Waals surface area (Å²) >= 11 is 6.14. The van der Waals surface area contributed by atoms with E-state index in [-0.39, 0.29) is 0 Å². The van der Waals surface area contributed by atoms with Crippen LogP contribution < -0.4 is 0 Å². The zero-order chi connectivity index (χ0) is 23.6. The van der Waals surface area contributed by atoms with Crippen molar-refractivity contribution < 1.29 is 0 Å². The first-order chi connectivity index (χ1) is 17.2. The Morgan fingerprint density at radius 1 is 0.371 bits per heavy atom. The van der Waals surface area contributed by atoms with Crippen molar-refractivity contribution in [1.29, 1.82) is 0 Å². The van der Waals surface area contributed by atoms with Gasteiger partial charge in [0, 0.05) is 21.7 Å². The van der Waals surface area contributed by atoms with Gasteiger partial charge in [-0.05, 0) is 40.1 Å².